The van der Waals surface area contributed by atoms with Crippen molar-refractivity contribution >= 4 is 5.91 Å². The summed E-state index contributed by atoms with van der Waals surface area (Å²) in [6.07, 6.45) is 0. The summed E-state index contributed by atoms with van der Waals surface area (Å²) in [6, 6.07) is 12.2. The summed E-state index contributed by atoms with van der Waals surface area (Å²) in [5.74, 6) is -1.23. The number of amides is 1. The van der Waals surface area contributed by atoms with Gasteiger partial charge < -0.3 is 5.32 Å². The summed E-state index contributed by atoms with van der Waals surface area (Å²) >= 11 is 0. The van der Waals surface area contributed by atoms with Gasteiger partial charge in [-0.2, -0.15) is 9.78 Å². The number of nitrogens with zero attached hydrogens (tertiary/aromatic N) is 3. The Hall–Kier alpha value is -3.55. The predicted molar refractivity (Wildman–Crippen MR) is 112 cm³/mol. The number of rotatable bonds is 5. The Labute approximate surface area is 172 Å². The Balaban J connectivity index is 2.30. The van der Waals surface area contributed by atoms with Crippen LogP contribution in [0.2, 0.25) is 0 Å². The molecular formula is C22H23FN4O3. The van der Waals surface area contributed by atoms with Crippen LogP contribution in [0.15, 0.2) is 58.1 Å². The molecule has 1 amide bonds. The van der Waals surface area contributed by atoms with Gasteiger partial charge in [0.05, 0.1) is 11.7 Å². The van der Waals surface area contributed by atoms with E-state index in [9.17, 15) is 18.8 Å². The minimum Gasteiger partial charge on any atom is -0.348 e. The number of nitrogens with one attached hydrogen (secondary N) is 1. The van der Waals surface area contributed by atoms with Gasteiger partial charge in [0.25, 0.3) is 11.5 Å². The Morgan fingerprint density at radius 1 is 1.07 bits per heavy atom. The van der Waals surface area contributed by atoms with Crippen molar-refractivity contribution in [3.05, 3.63) is 92.0 Å². The first kappa shape index (κ1) is 21.2. The Morgan fingerprint density at radius 3 is 2.33 bits per heavy atom. The molecule has 1 atom stereocenters. The van der Waals surface area contributed by atoms with E-state index < -0.39 is 34.7 Å². The van der Waals surface area contributed by atoms with E-state index in [-0.39, 0.29) is 11.7 Å². The highest BCUT2D eigenvalue weighted by Gasteiger charge is 2.24. The molecule has 0 unspecified atom stereocenters. The van der Waals surface area contributed by atoms with Crippen LogP contribution in [0.4, 0.5) is 4.39 Å². The molecule has 0 spiro atoms. The topological polar surface area (TPSA) is 86.0 Å². The third kappa shape index (κ3) is 4.07. The van der Waals surface area contributed by atoms with Crippen molar-refractivity contribution < 1.29 is 9.18 Å². The molecule has 30 heavy (non-hydrogen) atoms. The van der Waals surface area contributed by atoms with Gasteiger partial charge in [-0.05, 0) is 44.9 Å². The smallest absolute Gasteiger partial charge is 0.348 e. The molecule has 3 rings (SSSR count). The standard InChI is InChI=1S/C22H23FN4O3/c1-13(2)24-20(28)19-21(29)26(15(4)16-8-6-5-7-9-16)22(30)27(25-19)17-11-10-14(3)18(23)12-17/h5-13,15H,1-4H3,(H,24,28)/t15-/m1/s1. The molecule has 156 valence electrons. The van der Waals surface area contributed by atoms with Gasteiger partial charge in [-0.1, -0.05) is 36.4 Å². The maximum Gasteiger partial charge on any atom is 0.352 e. The molecule has 0 saturated carbocycles. The number of aryl methyl sites for hydroxylation is 1. The summed E-state index contributed by atoms with van der Waals surface area (Å²) in [7, 11) is 0. The number of carbonyl (C=O) groups is 1. The zero-order valence-corrected chi connectivity index (χ0v) is 17.2. The number of halogens is 1. The summed E-state index contributed by atoms with van der Waals surface area (Å²) < 4.78 is 16.0. The zero-order valence-electron chi connectivity index (χ0n) is 17.2. The van der Waals surface area contributed by atoms with Gasteiger partial charge in [0.2, 0.25) is 5.69 Å². The second kappa shape index (κ2) is 8.44. The molecule has 0 radical (unpaired) electrons. The molecule has 0 aliphatic rings. The van der Waals surface area contributed by atoms with E-state index in [1.807, 2.05) is 6.07 Å². The fraction of sp³-hybridized carbons (Fsp3) is 0.273. The van der Waals surface area contributed by atoms with Crippen molar-refractivity contribution in [3.63, 3.8) is 0 Å². The number of aromatic nitrogens is 3. The number of hydrogen-bond acceptors (Lipinski definition) is 4. The highest BCUT2D eigenvalue weighted by Crippen LogP contribution is 2.15. The van der Waals surface area contributed by atoms with Crippen LogP contribution in [0.3, 0.4) is 0 Å². The van der Waals surface area contributed by atoms with Crippen LogP contribution in [0.25, 0.3) is 5.69 Å². The first-order valence-electron chi connectivity index (χ1n) is 9.59. The number of carbonyl (C=O) groups excluding carboxylic acids is 1. The summed E-state index contributed by atoms with van der Waals surface area (Å²) in [4.78, 5) is 38.9. The van der Waals surface area contributed by atoms with Gasteiger partial charge in [0.15, 0.2) is 0 Å². The average molecular weight is 410 g/mol. The monoisotopic (exact) mass is 410 g/mol. The molecule has 1 heterocycles. The lowest BCUT2D eigenvalue weighted by Crippen LogP contribution is -2.47. The van der Waals surface area contributed by atoms with E-state index in [1.165, 1.54) is 12.1 Å². The van der Waals surface area contributed by atoms with Crippen LogP contribution < -0.4 is 16.6 Å². The number of hydrogen-bond donors (Lipinski definition) is 1. The molecule has 7 nitrogen and oxygen atoms in total. The minimum atomic E-state index is -0.807. The van der Waals surface area contributed by atoms with Crippen LogP contribution in [-0.4, -0.2) is 26.3 Å². The molecule has 0 saturated heterocycles. The van der Waals surface area contributed by atoms with E-state index >= 15 is 0 Å². The summed E-state index contributed by atoms with van der Waals surface area (Å²) in [6.45, 7) is 6.76. The van der Waals surface area contributed by atoms with E-state index in [2.05, 4.69) is 10.4 Å². The highest BCUT2D eigenvalue weighted by molar-refractivity contribution is 5.91. The lowest BCUT2D eigenvalue weighted by Gasteiger charge is -2.18. The first-order chi connectivity index (χ1) is 14.2. The SMILES string of the molecule is Cc1ccc(-n2nc(C(=O)NC(C)C)c(=O)n([C@H](C)c3ccccc3)c2=O)cc1F. The molecule has 1 N–H and O–H groups in total. The lowest BCUT2D eigenvalue weighted by molar-refractivity contribution is 0.0933. The average Bonchev–Trinajstić information content (AvgIpc) is 2.70. The lowest BCUT2D eigenvalue weighted by atomic mass is 10.1. The normalized spacial score (nSPS) is 12.1. The Morgan fingerprint density at radius 2 is 1.73 bits per heavy atom. The van der Waals surface area contributed by atoms with Crippen LogP contribution in [0, 0.1) is 12.7 Å². The van der Waals surface area contributed by atoms with Crippen molar-refractivity contribution in [3.8, 4) is 5.69 Å². The maximum atomic E-state index is 14.1. The van der Waals surface area contributed by atoms with Crippen LogP contribution in [0.5, 0.6) is 0 Å². The Bertz CT molecular complexity index is 1200. The van der Waals surface area contributed by atoms with Gasteiger partial charge in [-0.15, -0.1) is 0 Å². The van der Waals surface area contributed by atoms with Gasteiger partial charge in [-0.25, -0.2) is 13.8 Å². The fourth-order valence-electron chi connectivity index (χ4n) is 3.07. The molecule has 0 bridgehead atoms. The van der Waals surface area contributed by atoms with Crippen molar-refractivity contribution in [2.45, 2.75) is 39.8 Å². The predicted octanol–water partition coefficient (Wildman–Crippen LogP) is 2.59. The van der Waals surface area contributed by atoms with Gasteiger partial charge >= 0.3 is 5.69 Å². The van der Waals surface area contributed by atoms with E-state index in [0.29, 0.717) is 11.1 Å². The summed E-state index contributed by atoms with van der Waals surface area (Å²) in [5, 5.41) is 6.61. The maximum absolute atomic E-state index is 14.1. The van der Waals surface area contributed by atoms with Crippen molar-refractivity contribution in [2.75, 3.05) is 0 Å². The zero-order chi connectivity index (χ0) is 22.0. The fourth-order valence-corrected chi connectivity index (χ4v) is 3.07. The molecule has 8 heteroatoms. The minimum absolute atomic E-state index is 0.121. The van der Waals surface area contributed by atoms with E-state index in [4.69, 9.17) is 0 Å². The third-order valence-corrected chi connectivity index (χ3v) is 4.71. The molecule has 3 aromatic rings. The van der Waals surface area contributed by atoms with Crippen molar-refractivity contribution in [1.82, 2.24) is 19.7 Å². The largest absolute Gasteiger partial charge is 0.352 e. The molecule has 0 fully saturated rings. The molecule has 0 aliphatic carbocycles. The van der Waals surface area contributed by atoms with Crippen molar-refractivity contribution in [2.24, 2.45) is 0 Å². The number of benzene rings is 2. The van der Waals surface area contributed by atoms with Crippen LogP contribution in [-0.2, 0) is 0 Å². The summed E-state index contributed by atoms with van der Waals surface area (Å²) in [5.41, 5.74) is -0.780. The van der Waals surface area contributed by atoms with E-state index in [0.717, 1.165) is 15.3 Å². The van der Waals surface area contributed by atoms with Gasteiger partial charge in [0, 0.05) is 12.1 Å². The Kier molecular flexibility index (Phi) is 5.96. The van der Waals surface area contributed by atoms with Crippen LogP contribution in [0.1, 0.15) is 48.4 Å². The molecule has 0 aliphatic heterocycles. The van der Waals surface area contributed by atoms with Crippen molar-refractivity contribution in [1.29, 1.82) is 0 Å². The highest BCUT2D eigenvalue weighted by atomic mass is 19.1. The van der Waals surface area contributed by atoms with E-state index in [1.54, 1.807) is 52.0 Å². The first-order valence-corrected chi connectivity index (χ1v) is 9.59. The molecule has 2 aromatic carbocycles. The second-order valence-electron chi connectivity index (χ2n) is 7.37. The van der Waals surface area contributed by atoms with Gasteiger partial charge in [0.1, 0.15) is 5.82 Å². The quantitative estimate of drug-likeness (QED) is 0.701. The second-order valence-corrected chi connectivity index (χ2v) is 7.37. The third-order valence-electron chi connectivity index (χ3n) is 4.71. The van der Waals surface area contributed by atoms with Crippen LogP contribution >= 0.6 is 0 Å². The molecular weight excluding hydrogens is 387 g/mol. The van der Waals surface area contributed by atoms with Gasteiger partial charge in [-0.3, -0.25) is 9.59 Å². The molecule has 1 aromatic heterocycles.